The van der Waals surface area contributed by atoms with E-state index in [1.165, 1.54) is 30.7 Å². The number of benzene rings is 2. The van der Waals surface area contributed by atoms with Crippen LogP contribution in [0.15, 0.2) is 53.3 Å². The maximum atomic E-state index is 13.1. The van der Waals surface area contributed by atoms with Gasteiger partial charge >= 0.3 is 6.18 Å². The lowest BCUT2D eigenvalue weighted by Gasteiger charge is -2.29. The Morgan fingerprint density at radius 1 is 1.14 bits per heavy atom. The molecule has 0 unspecified atom stereocenters. The van der Waals surface area contributed by atoms with E-state index in [2.05, 4.69) is 10.3 Å². The monoisotopic (exact) mass is 501 g/mol. The molecule has 1 aliphatic heterocycles. The number of hydrogen-bond acceptors (Lipinski definition) is 6. The molecule has 11 heteroatoms. The molecular weight excluding hydrogens is 477 g/mol. The van der Waals surface area contributed by atoms with E-state index in [0.29, 0.717) is 35.5 Å². The van der Waals surface area contributed by atoms with E-state index in [1.807, 2.05) is 19.1 Å². The summed E-state index contributed by atoms with van der Waals surface area (Å²) in [5, 5.41) is 2.83. The maximum Gasteiger partial charge on any atom is 0.414 e. The molecule has 190 valence electrons. The van der Waals surface area contributed by atoms with Crippen LogP contribution in [-0.4, -0.2) is 40.8 Å². The highest BCUT2D eigenvalue weighted by atomic mass is 19.4. The second kappa shape index (κ2) is 10.2. The third-order valence-corrected chi connectivity index (χ3v) is 5.72. The van der Waals surface area contributed by atoms with Gasteiger partial charge in [0.2, 0.25) is 5.95 Å². The molecule has 0 spiro atoms. The van der Waals surface area contributed by atoms with Gasteiger partial charge in [-0.15, -0.1) is 16.9 Å². The molecule has 4 rings (SSSR count). The fraction of sp³-hybridized carbons (Fsp3) is 0.280. The van der Waals surface area contributed by atoms with E-state index >= 15 is 0 Å². The number of hydrogen-bond donors (Lipinski definition) is 1. The topological polar surface area (TPSA) is 85.7 Å². The zero-order valence-electron chi connectivity index (χ0n) is 19.6. The van der Waals surface area contributed by atoms with Gasteiger partial charge in [-0.05, 0) is 19.1 Å². The molecule has 0 radical (unpaired) electrons. The molecule has 1 aromatic heterocycles. The summed E-state index contributed by atoms with van der Waals surface area (Å²) in [6.45, 7) is 3.63. The van der Waals surface area contributed by atoms with Crippen LogP contribution in [0.25, 0.3) is 0 Å². The Balaban J connectivity index is 1.44. The fourth-order valence-electron chi connectivity index (χ4n) is 3.72. The van der Waals surface area contributed by atoms with Crippen LogP contribution in [0.1, 0.15) is 27.9 Å². The van der Waals surface area contributed by atoms with E-state index in [1.54, 1.807) is 12.1 Å². The first-order valence-corrected chi connectivity index (χ1v) is 11.1. The molecule has 1 amide bonds. The average molecular weight is 501 g/mol. The third-order valence-electron chi connectivity index (χ3n) is 5.72. The molecule has 8 nitrogen and oxygen atoms in total. The van der Waals surface area contributed by atoms with Crippen LogP contribution in [-0.2, 0) is 23.9 Å². The van der Waals surface area contributed by atoms with Crippen molar-refractivity contribution >= 4 is 11.9 Å². The van der Waals surface area contributed by atoms with Crippen molar-refractivity contribution in [3.63, 3.8) is 0 Å². The van der Waals surface area contributed by atoms with Gasteiger partial charge in [0.25, 0.3) is 11.5 Å². The second-order valence-corrected chi connectivity index (χ2v) is 8.22. The molecule has 0 aliphatic carbocycles. The van der Waals surface area contributed by atoms with Gasteiger partial charge in [0, 0.05) is 18.5 Å². The van der Waals surface area contributed by atoms with Gasteiger partial charge in [0.05, 0.1) is 17.8 Å². The number of aryl methyl sites for hydroxylation is 1. The van der Waals surface area contributed by atoms with E-state index in [-0.39, 0.29) is 25.0 Å². The van der Waals surface area contributed by atoms with Crippen molar-refractivity contribution in [3.05, 3.63) is 93.4 Å². The number of alkyl halides is 3. The largest absolute Gasteiger partial charge is 0.484 e. The number of nitrogens with one attached hydrogen (secondary N) is 1. The molecule has 2 heterocycles. The summed E-state index contributed by atoms with van der Waals surface area (Å²) in [6.07, 6.45) is -4.08. The Labute approximate surface area is 205 Å². The second-order valence-electron chi connectivity index (χ2n) is 8.22. The van der Waals surface area contributed by atoms with Crippen LogP contribution >= 0.6 is 0 Å². The predicted octanol–water partition coefficient (Wildman–Crippen LogP) is 3.21. The van der Waals surface area contributed by atoms with Crippen LogP contribution in [0.2, 0.25) is 0 Å². The van der Waals surface area contributed by atoms with Gasteiger partial charge < -0.3 is 19.8 Å². The minimum absolute atomic E-state index is 0.0590. The Kier molecular flexibility index (Phi) is 7.09. The number of rotatable bonds is 7. The van der Waals surface area contributed by atoms with E-state index in [4.69, 9.17) is 9.57 Å². The zero-order chi connectivity index (χ0) is 25.9. The van der Waals surface area contributed by atoms with Crippen LogP contribution in [0.5, 0.6) is 5.75 Å². The number of aromatic nitrogens is 2. The minimum atomic E-state index is -4.43. The normalized spacial score (nSPS) is 13.1. The highest BCUT2D eigenvalue weighted by Crippen LogP contribution is 2.29. The molecule has 0 atom stereocenters. The maximum absolute atomic E-state index is 13.1. The number of nitrogens with zero attached hydrogens (tertiary/aromatic N) is 3. The number of carbonyl (C=O) groups is 1. The van der Waals surface area contributed by atoms with Crippen molar-refractivity contribution in [1.29, 1.82) is 0 Å². The molecule has 1 aliphatic rings. The van der Waals surface area contributed by atoms with Crippen molar-refractivity contribution < 1.29 is 27.5 Å². The highest BCUT2D eigenvalue weighted by Gasteiger charge is 2.29. The number of amides is 1. The van der Waals surface area contributed by atoms with E-state index in [0.717, 1.165) is 22.4 Å². The van der Waals surface area contributed by atoms with Crippen molar-refractivity contribution in [2.24, 2.45) is 0 Å². The predicted molar refractivity (Wildman–Crippen MR) is 125 cm³/mol. The first kappa shape index (κ1) is 25.0. The van der Waals surface area contributed by atoms with Crippen LogP contribution in [0, 0.1) is 13.5 Å². The van der Waals surface area contributed by atoms with Crippen LogP contribution in [0.3, 0.4) is 0 Å². The van der Waals surface area contributed by atoms with Gasteiger partial charge in [0.15, 0.2) is 6.61 Å². The SMILES string of the molecule is COn1c(N[CH-]c2ccc(C(F)(F)F)cc2)nc2c(c1=O)CN(C(=O)COc1ccc(C)cc1)CC2. The lowest BCUT2D eigenvalue weighted by atomic mass is 10.1. The lowest BCUT2D eigenvalue weighted by Crippen LogP contribution is -2.43. The summed E-state index contributed by atoms with van der Waals surface area (Å²) < 4.78 is 44.8. The zero-order valence-corrected chi connectivity index (χ0v) is 19.6. The molecule has 3 aromatic rings. The first-order chi connectivity index (χ1) is 17.2. The molecular formula is C25H24F3N4O4-. The molecule has 2 aromatic carbocycles. The Morgan fingerprint density at radius 2 is 1.83 bits per heavy atom. The van der Waals surface area contributed by atoms with Gasteiger partial charge in [0.1, 0.15) is 12.9 Å². The van der Waals surface area contributed by atoms with Gasteiger partial charge in [-0.2, -0.15) is 30.9 Å². The van der Waals surface area contributed by atoms with Crippen molar-refractivity contribution in [2.75, 3.05) is 25.6 Å². The number of halogens is 3. The van der Waals surface area contributed by atoms with E-state index < -0.39 is 17.3 Å². The van der Waals surface area contributed by atoms with Crippen LogP contribution in [0.4, 0.5) is 19.1 Å². The molecule has 0 saturated heterocycles. The summed E-state index contributed by atoms with van der Waals surface area (Å²) in [6, 6.07) is 11.9. The molecule has 1 N–H and O–H groups in total. The van der Waals surface area contributed by atoms with Gasteiger partial charge in [-0.3, -0.25) is 9.59 Å². The number of ether oxygens (including phenoxy) is 1. The number of fused-ring (bicyclic) bond motifs is 1. The van der Waals surface area contributed by atoms with Gasteiger partial charge in [-0.1, -0.05) is 24.2 Å². The van der Waals surface area contributed by atoms with Crippen molar-refractivity contribution in [3.8, 4) is 5.75 Å². The minimum Gasteiger partial charge on any atom is -0.484 e. The summed E-state index contributed by atoms with van der Waals surface area (Å²) in [4.78, 5) is 36.9. The van der Waals surface area contributed by atoms with Gasteiger partial charge in [-0.25, -0.2) is 4.98 Å². The molecule has 0 saturated carbocycles. The Bertz CT molecular complexity index is 1290. The lowest BCUT2D eigenvalue weighted by molar-refractivity contribution is -0.137. The fourth-order valence-corrected chi connectivity index (χ4v) is 3.72. The summed E-state index contributed by atoms with van der Waals surface area (Å²) in [5.41, 5.74) is 1.12. The quantitative estimate of drug-likeness (QED) is 0.501. The van der Waals surface area contributed by atoms with Crippen LogP contribution < -0.4 is 20.5 Å². The Morgan fingerprint density at radius 3 is 2.47 bits per heavy atom. The summed E-state index contributed by atoms with van der Waals surface area (Å²) in [5.74, 6) is 0.390. The molecule has 0 bridgehead atoms. The Hall–Kier alpha value is -4.15. The standard InChI is InChI=1S/C25H24F3N4O4/c1-16-3-9-19(10-4-16)36-15-22(33)31-12-11-21-20(14-31)23(34)32(35-2)24(30-21)29-13-17-5-7-18(8-6-17)25(26,27)28/h3-10,13H,11-12,14-15H2,1-2H3,(H,29,30)/q-1. The number of anilines is 1. The highest BCUT2D eigenvalue weighted by molar-refractivity contribution is 5.78. The molecule has 0 fully saturated rings. The smallest absolute Gasteiger partial charge is 0.414 e. The summed E-state index contributed by atoms with van der Waals surface area (Å²) >= 11 is 0. The molecule has 36 heavy (non-hydrogen) atoms. The summed E-state index contributed by atoms with van der Waals surface area (Å²) in [7, 11) is 1.29. The number of carbonyl (C=O) groups excluding carboxylic acids is 1. The first-order valence-electron chi connectivity index (χ1n) is 11.1. The average Bonchev–Trinajstić information content (AvgIpc) is 2.86. The van der Waals surface area contributed by atoms with Crippen molar-refractivity contribution in [2.45, 2.75) is 26.1 Å². The van der Waals surface area contributed by atoms with E-state index in [9.17, 15) is 22.8 Å². The van der Waals surface area contributed by atoms with Crippen molar-refractivity contribution in [1.82, 2.24) is 14.6 Å². The third kappa shape index (κ3) is 5.56.